The molecule has 0 fully saturated rings. The lowest BCUT2D eigenvalue weighted by molar-refractivity contribution is -0.125. The molecule has 2 heteroatoms. The monoisotopic (exact) mass is 153 g/mol. The van der Waals surface area contributed by atoms with E-state index in [0.29, 0.717) is 12.5 Å². The van der Waals surface area contributed by atoms with Gasteiger partial charge in [-0.3, -0.25) is 4.79 Å². The van der Waals surface area contributed by atoms with Crippen LogP contribution in [0, 0.1) is 18.3 Å². The van der Waals surface area contributed by atoms with E-state index in [2.05, 4.69) is 19.8 Å². The first-order chi connectivity index (χ1) is 5.11. The predicted octanol–water partition coefficient (Wildman–Crippen LogP) is 1.12. The zero-order chi connectivity index (χ0) is 8.85. The molecule has 62 valence electrons. The molecule has 0 N–H and O–H groups in total. The molecule has 0 radical (unpaired) electrons. The number of hydrogen-bond donors (Lipinski definition) is 0. The standard InChI is InChI=1S/C9H15NO/c1-5-9(11)10(6-2)7-8(3)4/h1,8H,6-7H2,2-4H3. The molecular weight excluding hydrogens is 138 g/mol. The van der Waals surface area contributed by atoms with Crippen LogP contribution in [0.1, 0.15) is 20.8 Å². The molecule has 11 heavy (non-hydrogen) atoms. The molecule has 0 heterocycles. The molecular formula is C9H15NO. The minimum Gasteiger partial charge on any atom is -0.332 e. The van der Waals surface area contributed by atoms with Crippen molar-refractivity contribution in [1.29, 1.82) is 0 Å². The van der Waals surface area contributed by atoms with Crippen molar-refractivity contribution in [3.05, 3.63) is 0 Å². The lowest BCUT2D eigenvalue weighted by Gasteiger charge is -2.19. The quantitative estimate of drug-likeness (QED) is 0.556. The van der Waals surface area contributed by atoms with Crippen molar-refractivity contribution >= 4 is 5.91 Å². The van der Waals surface area contributed by atoms with E-state index >= 15 is 0 Å². The summed E-state index contributed by atoms with van der Waals surface area (Å²) in [5, 5.41) is 0. The number of carbonyl (C=O) groups is 1. The summed E-state index contributed by atoms with van der Waals surface area (Å²) in [4.78, 5) is 12.6. The zero-order valence-electron chi connectivity index (χ0n) is 7.42. The van der Waals surface area contributed by atoms with Gasteiger partial charge in [0.05, 0.1) is 0 Å². The van der Waals surface area contributed by atoms with Gasteiger partial charge in [0.2, 0.25) is 0 Å². The van der Waals surface area contributed by atoms with Gasteiger partial charge in [-0.2, -0.15) is 0 Å². The molecule has 2 nitrogen and oxygen atoms in total. The largest absolute Gasteiger partial charge is 0.332 e. The third kappa shape index (κ3) is 3.67. The van der Waals surface area contributed by atoms with Crippen LogP contribution in [-0.2, 0) is 4.79 Å². The fourth-order valence-corrected chi connectivity index (χ4v) is 0.888. The number of terminal acetylenes is 1. The number of rotatable bonds is 3. The molecule has 0 aliphatic heterocycles. The van der Waals surface area contributed by atoms with E-state index in [9.17, 15) is 4.79 Å². The van der Waals surface area contributed by atoms with Gasteiger partial charge in [0.1, 0.15) is 0 Å². The number of carbonyl (C=O) groups excluding carboxylic acids is 1. The maximum atomic E-state index is 11.0. The van der Waals surface area contributed by atoms with Gasteiger partial charge in [-0.1, -0.05) is 13.8 Å². The fourth-order valence-electron chi connectivity index (χ4n) is 0.888. The van der Waals surface area contributed by atoms with Crippen LogP contribution in [0.3, 0.4) is 0 Å². The second-order valence-corrected chi connectivity index (χ2v) is 2.88. The molecule has 0 aromatic rings. The Morgan fingerprint density at radius 3 is 2.45 bits per heavy atom. The lowest BCUT2D eigenvalue weighted by atomic mass is 10.2. The Labute approximate surface area is 68.6 Å². The fraction of sp³-hybridized carbons (Fsp3) is 0.667. The van der Waals surface area contributed by atoms with Crippen LogP contribution in [0.15, 0.2) is 0 Å². The first-order valence-electron chi connectivity index (χ1n) is 3.87. The Balaban J connectivity index is 3.98. The molecule has 0 rings (SSSR count). The van der Waals surface area contributed by atoms with Crippen molar-refractivity contribution in [3.8, 4) is 12.3 Å². The summed E-state index contributed by atoms with van der Waals surface area (Å²) >= 11 is 0. The average molecular weight is 153 g/mol. The molecule has 0 unspecified atom stereocenters. The van der Waals surface area contributed by atoms with Crippen molar-refractivity contribution in [3.63, 3.8) is 0 Å². The van der Waals surface area contributed by atoms with Crippen molar-refractivity contribution in [1.82, 2.24) is 4.90 Å². The van der Waals surface area contributed by atoms with Gasteiger partial charge in [-0.15, -0.1) is 6.42 Å². The Bertz CT molecular complexity index is 167. The highest BCUT2D eigenvalue weighted by atomic mass is 16.2. The number of hydrogen-bond acceptors (Lipinski definition) is 1. The van der Waals surface area contributed by atoms with E-state index in [1.54, 1.807) is 4.90 Å². The van der Waals surface area contributed by atoms with Crippen LogP contribution in [0.5, 0.6) is 0 Å². The van der Waals surface area contributed by atoms with Crippen LogP contribution in [0.2, 0.25) is 0 Å². The molecule has 0 aliphatic rings. The summed E-state index contributed by atoms with van der Waals surface area (Å²) in [6.45, 7) is 7.50. The summed E-state index contributed by atoms with van der Waals surface area (Å²) in [5.74, 6) is 2.38. The smallest absolute Gasteiger partial charge is 0.298 e. The number of amides is 1. The van der Waals surface area contributed by atoms with Crippen LogP contribution >= 0.6 is 0 Å². The predicted molar refractivity (Wildman–Crippen MR) is 45.9 cm³/mol. The second kappa shape index (κ2) is 4.79. The molecule has 1 amide bonds. The van der Waals surface area contributed by atoms with Gasteiger partial charge in [0.25, 0.3) is 5.91 Å². The summed E-state index contributed by atoms with van der Waals surface area (Å²) in [5.41, 5.74) is 0. The Morgan fingerprint density at radius 2 is 2.18 bits per heavy atom. The molecule has 0 bridgehead atoms. The van der Waals surface area contributed by atoms with E-state index in [0.717, 1.165) is 6.54 Å². The summed E-state index contributed by atoms with van der Waals surface area (Å²) in [6, 6.07) is 0. The highest BCUT2D eigenvalue weighted by molar-refractivity contribution is 5.92. The van der Waals surface area contributed by atoms with Gasteiger partial charge in [-0.25, -0.2) is 0 Å². The van der Waals surface area contributed by atoms with E-state index in [-0.39, 0.29) is 5.91 Å². The van der Waals surface area contributed by atoms with Crippen molar-refractivity contribution < 1.29 is 4.79 Å². The molecule has 0 saturated heterocycles. The van der Waals surface area contributed by atoms with E-state index in [4.69, 9.17) is 6.42 Å². The minimum absolute atomic E-state index is 0.207. The van der Waals surface area contributed by atoms with Crippen molar-refractivity contribution in [2.45, 2.75) is 20.8 Å². The van der Waals surface area contributed by atoms with E-state index < -0.39 is 0 Å². The Kier molecular flexibility index (Phi) is 4.36. The molecule has 0 aromatic heterocycles. The first-order valence-corrected chi connectivity index (χ1v) is 3.87. The third-order valence-corrected chi connectivity index (χ3v) is 1.38. The lowest BCUT2D eigenvalue weighted by Crippen LogP contribution is -2.32. The zero-order valence-corrected chi connectivity index (χ0v) is 7.42. The summed E-state index contributed by atoms with van der Waals surface area (Å²) in [6.07, 6.45) is 4.98. The van der Waals surface area contributed by atoms with E-state index in [1.807, 2.05) is 6.92 Å². The SMILES string of the molecule is C#CC(=O)N(CC)CC(C)C. The highest BCUT2D eigenvalue weighted by Gasteiger charge is 2.08. The maximum absolute atomic E-state index is 11.0. The van der Waals surface area contributed by atoms with Gasteiger partial charge >= 0.3 is 0 Å². The number of nitrogens with zero attached hydrogens (tertiary/aromatic N) is 1. The molecule has 0 aromatic carbocycles. The second-order valence-electron chi connectivity index (χ2n) is 2.88. The first kappa shape index (κ1) is 10.0. The average Bonchev–Trinajstić information content (AvgIpc) is 1.98. The summed E-state index contributed by atoms with van der Waals surface area (Å²) < 4.78 is 0. The van der Waals surface area contributed by atoms with E-state index in [1.165, 1.54) is 0 Å². The minimum atomic E-state index is -0.207. The van der Waals surface area contributed by atoms with Crippen LogP contribution in [-0.4, -0.2) is 23.9 Å². The van der Waals surface area contributed by atoms with Gasteiger partial charge in [0.15, 0.2) is 0 Å². The summed E-state index contributed by atoms with van der Waals surface area (Å²) in [7, 11) is 0. The van der Waals surface area contributed by atoms with Gasteiger partial charge in [-0.05, 0) is 18.8 Å². The normalized spacial score (nSPS) is 9.36. The Morgan fingerprint density at radius 1 is 1.64 bits per heavy atom. The van der Waals surface area contributed by atoms with Crippen molar-refractivity contribution in [2.24, 2.45) is 5.92 Å². The van der Waals surface area contributed by atoms with Crippen molar-refractivity contribution in [2.75, 3.05) is 13.1 Å². The maximum Gasteiger partial charge on any atom is 0.298 e. The van der Waals surface area contributed by atoms with Crippen LogP contribution in [0.25, 0.3) is 0 Å². The molecule has 0 saturated carbocycles. The molecule has 0 atom stereocenters. The van der Waals surface area contributed by atoms with Gasteiger partial charge in [0, 0.05) is 13.1 Å². The van der Waals surface area contributed by atoms with Crippen LogP contribution < -0.4 is 0 Å². The Hall–Kier alpha value is -0.970. The third-order valence-electron chi connectivity index (χ3n) is 1.38. The molecule has 0 spiro atoms. The van der Waals surface area contributed by atoms with Gasteiger partial charge < -0.3 is 4.90 Å². The highest BCUT2D eigenvalue weighted by Crippen LogP contribution is 1.97. The van der Waals surface area contributed by atoms with Crippen LogP contribution in [0.4, 0.5) is 0 Å². The molecule has 0 aliphatic carbocycles. The topological polar surface area (TPSA) is 20.3 Å².